The van der Waals surface area contributed by atoms with Crippen molar-refractivity contribution in [3.8, 4) is 0 Å². The van der Waals surface area contributed by atoms with Gasteiger partial charge in [0.25, 0.3) is 5.91 Å². The van der Waals surface area contributed by atoms with Crippen LogP contribution in [0.15, 0.2) is 77.0 Å². The largest absolute Gasteiger partial charge is 0.314 e. The summed E-state index contributed by atoms with van der Waals surface area (Å²) in [6, 6.07) is 20.6. The Labute approximate surface area is 204 Å². The van der Waals surface area contributed by atoms with Gasteiger partial charge in [-0.25, -0.2) is 10.4 Å². The molecule has 0 saturated heterocycles. The standard InChI is InChI=1S/C23H17Cl3N4OS/c24-17-8-5-15(6-9-17)13-30-21-4-2-1-3-20(21)28-23(30)32-14-22(31)29-27-12-16-7-10-18(25)11-19(16)26/h1-12H,13-14H2,(H,29,31). The first-order valence-corrected chi connectivity index (χ1v) is 11.7. The predicted octanol–water partition coefficient (Wildman–Crippen LogP) is 6.29. The SMILES string of the molecule is O=C(CSc1nc2ccccc2n1Cc1ccc(Cl)cc1)NN=Cc1ccc(Cl)cc1Cl. The smallest absolute Gasteiger partial charge is 0.250 e. The van der Waals surface area contributed by atoms with Crippen LogP contribution in [0.25, 0.3) is 11.0 Å². The van der Waals surface area contributed by atoms with E-state index >= 15 is 0 Å². The third-order valence-corrected chi connectivity index (χ3v) is 6.35. The maximum absolute atomic E-state index is 12.3. The highest BCUT2D eigenvalue weighted by Crippen LogP contribution is 2.25. The van der Waals surface area contributed by atoms with Crippen LogP contribution in [-0.2, 0) is 11.3 Å². The first kappa shape index (κ1) is 22.7. The van der Waals surface area contributed by atoms with E-state index in [1.165, 1.54) is 18.0 Å². The molecule has 1 aromatic heterocycles. The third kappa shape index (κ3) is 5.64. The number of thioether (sulfide) groups is 1. The van der Waals surface area contributed by atoms with Crippen LogP contribution in [0.5, 0.6) is 0 Å². The molecule has 4 rings (SSSR count). The zero-order valence-corrected chi connectivity index (χ0v) is 19.7. The molecule has 5 nitrogen and oxygen atoms in total. The predicted molar refractivity (Wildman–Crippen MR) is 133 cm³/mol. The summed E-state index contributed by atoms with van der Waals surface area (Å²) in [6.45, 7) is 0.620. The fourth-order valence-corrected chi connectivity index (χ4v) is 4.42. The molecule has 162 valence electrons. The second-order valence-electron chi connectivity index (χ2n) is 6.84. The molecule has 32 heavy (non-hydrogen) atoms. The second kappa shape index (κ2) is 10.4. The summed E-state index contributed by atoms with van der Waals surface area (Å²) in [7, 11) is 0. The van der Waals surface area contributed by atoms with E-state index in [0.29, 0.717) is 27.2 Å². The van der Waals surface area contributed by atoms with Crippen LogP contribution in [0.3, 0.4) is 0 Å². The zero-order valence-electron chi connectivity index (χ0n) is 16.6. The lowest BCUT2D eigenvalue weighted by molar-refractivity contribution is -0.118. The third-order valence-electron chi connectivity index (χ3n) is 4.56. The molecule has 0 atom stereocenters. The Bertz CT molecular complexity index is 1290. The molecule has 1 N–H and O–H groups in total. The molecular weight excluding hydrogens is 487 g/mol. The molecule has 0 radical (unpaired) electrons. The van der Waals surface area contributed by atoms with Gasteiger partial charge in [0.05, 0.1) is 34.6 Å². The van der Waals surface area contributed by atoms with Crippen molar-refractivity contribution in [3.05, 3.63) is 92.9 Å². The summed E-state index contributed by atoms with van der Waals surface area (Å²) in [5.74, 6) is -0.0863. The van der Waals surface area contributed by atoms with Gasteiger partial charge in [-0.1, -0.05) is 76.9 Å². The summed E-state index contributed by atoms with van der Waals surface area (Å²) in [5, 5.41) is 6.42. The Balaban J connectivity index is 1.44. The molecule has 0 bridgehead atoms. The van der Waals surface area contributed by atoms with E-state index in [-0.39, 0.29) is 11.7 Å². The molecule has 1 heterocycles. The lowest BCUT2D eigenvalue weighted by atomic mass is 10.2. The topological polar surface area (TPSA) is 59.3 Å². The molecule has 3 aromatic carbocycles. The average molecular weight is 504 g/mol. The Hall–Kier alpha value is -2.51. The van der Waals surface area contributed by atoms with Gasteiger partial charge in [0.15, 0.2) is 5.16 Å². The molecule has 1 amide bonds. The number of aromatic nitrogens is 2. The number of para-hydroxylation sites is 2. The lowest BCUT2D eigenvalue weighted by Gasteiger charge is -2.09. The van der Waals surface area contributed by atoms with E-state index in [2.05, 4.69) is 15.1 Å². The van der Waals surface area contributed by atoms with Crippen LogP contribution in [0.1, 0.15) is 11.1 Å². The van der Waals surface area contributed by atoms with Crippen molar-refractivity contribution in [2.24, 2.45) is 5.10 Å². The summed E-state index contributed by atoms with van der Waals surface area (Å²) in [6.07, 6.45) is 1.48. The van der Waals surface area contributed by atoms with Crippen molar-refractivity contribution in [2.75, 3.05) is 5.75 Å². The highest BCUT2D eigenvalue weighted by molar-refractivity contribution is 7.99. The van der Waals surface area contributed by atoms with E-state index < -0.39 is 0 Å². The molecule has 0 aliphatic rings. The molecule has 0 spiro atoms. The minimum absolute atomic E-state index is 0.162. The van der Waals surface area contributed by atoms with Gasteiger partial charge in [-0.2, -0.15) is 5.10 Å². The fourth-order valence-electron chi connectivity index (χ4n) is 3.03. The van der Waals surface area contributed by atoms with Crippen LogP contribution in [0.4, 0.5) is 0 Å². The van der Waals surface area contributed by atoms with E-state index in [4.69, 9.17) is 39.8 Å². The summed E-state index contributed by atoms with van der Waals surface area (Å²) in [5.41, 5.74) is 6.15. The minimum Gasteiger partial charge on any atom is -0.314 e. The Morgan fingerprint density at radius 1 is 1.03 bits per heavy atom. The van der Waals surface area contributed by atoms with Crippen molar-refractivity contribution in [2.45, 2.75) is 11.7 Å². The molecular formula is C23H17Cl3N4OS. The number of hydrazone groups is 1. The molecule has 4 aromatic rings. The number of nitrogens with one attached hydrogen (secondary N) is 1. The zero-order chi connectivity index (χ0) is 22.5. The summed E-state index contributed by atoms with van der Waals surface area (Å²) >= 11 is 19.4. The first-order valence-electron chi connectivity index (χ1n) is 9.59. The van der Waals surface area contributed by atoms with Crippen LogP contribution in [0, 0.1) is 0 Å². The van der Waals surface area contributed by atoms with Crippen molar-refractivity contribution in [1.82, 2.24) is 15.0 Å². The Kier molecular flexibility index (Phi) is 7.37. The number of rotatable bonds is 7. The van der Waals surface area contributed by atoms with Crippen molar-refractivity contribution in [1.29, 1.82) is 0 Å². The Morgan fingerprint density at radius 2 is 1.78 bits per heavy atom. The van der Waals surface area contributed by atoms with Crippen LogP contribution in [-0.4, -0.2) is 27.4 Å². The van der Waals surface area contributed by atoms with Crippen molar-refractivity contribution < 1.29 is 4.79 Å². The van der Waals surface area contributed by atoms with E-state index in [0.717, 1.165) is 21.8 Å². The molecule has 0 aliphatic heterocycles. The molecule has 0 fully saturated rings. The number of fused-ring (bicyclic) bond motifs is 1. The van der Waals surface area contributed by atoms with Gasteiger partial charge in [-0.05, 0) is 42.0 Å². The van der Waals surface area contributed by atoms with E-state index in [1.54, 1.807) is 18.2 Å². The normalized spacial score (nSPS) is 11.3. The Morgan fingerprint density at radius 3 is 2.56 bits per heavy atom. The number of amides is 1. The molecule has 0 saturated carbocycles. The molecule has 0 unspecified atom stereocenters. The summed E-state index contributed by atoms with van der Waals surface area (Å²) < 4.78 is 2.09. The van der Waals surface area contributed by atoms with E-state index in [9.17, 15) is 4.79 Å². The van der Waals surface area contributed by atoms with Crippen LogP contribution in [0.2, 0.25) is 15.1 Å². The monoisotopic (exact) mass is 502 g/mol. The van der Waals surface area contributed by atoms with Crippen molar-refractivity contribution in [3.63, 3.8) is 0 Å². The highest BCUT2D eigenvalue weighted by Gasteiger charge is 2.13. The van der Waals surface area contributed by atoms with Gasteiger partial charge in [0.1, 0.15) is 0 Å². The van der Waals surface area contributed by atoms with Crippen LogP contribution >= 0.6 is 46.6 Å². The van der Waals surface area contributed by atoms with Gasteiger partial charge >= 0.3 is 0 Å². The molecule has 0 aliphatic carbocycles. The number of carbonyl (C=O) groups is 1. The first-order chi connectivity index (χ1) is 15.5. The maximum atomic E-state index is 12.3. The fraction of sp³-hybridized carbons (Fsp3) is 0.0870. The number of hydrogen-bond donors (Lipinski definition) is 1. The number of halogens is 3. The quantitative estimate of drug-likeness (QED) is 0.183. The van der Waals surface area contributed by atoms with Crippen LogP contribution < -0.4 is 5.43 Å². The van der Waals surface area contributed by atoms with E-state index in [1.807, 2.05) is 48.5 Å². The van der Waals surface area contributed by atoms with Gasteiger partial charge in [0.2, 0.25) is 0 Å². The van der Waals surface area contributed by atoms with Gasteiger partial charge in [0, 0.05) is 15.6 Å². The van der Waals surface area contributed by atoms with Gasteiger partial charge < -0.3 is 4.57 Å². The summed E-state index contributed by atoms with van der Waals surface area (Å²) in [4.78, 5) is 17.0. The number of benzene rings is 3. The molecule has 9 heteroatoms. The maximum Gasteiger partial charge on any atom is 0.250 e. The lowest BCUT2D eigenvalue weighted by Crippen LogP contribution is -2.20. The van der Waals surface area contributed by atoms with Gasteiger partial charge in [-0.15, -0.1) is 0 Å². The number of nitrogens with zero attached hydrogens (tertiary/aromatic N) is 3. The number of imidazole rings is 1. The van der Waals surface area contributed by atoms with Crippen molar-refractivity contribution >= 4 is 69.7 Å². The minimum atomic E-state index is -0.249. The highest BCUT2D eigenvalue weighted by atomic mass is 35.5. The number of hydrogen-bond acceptors (Lipinski definition) is 4. The second-order valence-corrected chi connectivity index (χ2v) is 9.07. The number of carbonyl (C=O) groups excluding carboxylic acids is 1. The average Bonchev–Trinajstić information content (AvgIpc) is 3.13. The van der Waals surface area contributed by atoms with Gasteiger partial charge in [-0.3, -0.25) is 4.79 Å².